The topological polar surface area (TPSA) is 73.6 Å². The Kier molecular flexibility index (Phi) is 6.96. The molecule has 0 bridgehead atoms. The molecule has 0 saturated carbocycles. The Morgan fingerprint density at radius 3 is 2.58 bits per heavy atom. The molecule has 4 rings (SSSR count). The zero-order chi connectivity index (χ0) is 23.4. The number of esters is 1. The van der Waals surface area contributed by atoms with E-state index in [9.17, 15) is 9.59 Å². The van der Waals surface area contributed by atoms with E-state index in [1.807, 2.05) is 36.4 Å². The lowest BCUT2D eigenvalue weighted by Gasteiger charge is -2.10. The van der Waals surface area contributed by atoms with Crippen molar-refractivity contribution < 1.29 is 9.53 Å². The van der Waals surface area contributed by atoms with E-state index in [-0.39, 0.29) is 11.3 Å². The van der Waals surface area contributed by atoms with Crippen LogP contribution in [0.4, 0.5) is 0 Å². The first-order chi connectivity index (χ1) is 15.9. The predicted molar refractivity (Wildman–Crippen MR) is 137 cm³/mol. The maximum absolute atomic E-state index is 12.9. The van der Waals surface area contributed by atoms with Crippen molar-refractivity contribution in [3.05, 3.63) is 109 Å². The number of fused-ring (bicyclic) bond motifs is 1. The molecule has 6 nitrogen and oxygen atoms in total. The van der Waals surface area contributed by atoms with Crippen molar-refractivity contribution >= 4 is 61.0 Å². The first-order valence-corrected chi connectivity index (χ1v) is 11.5. The number of ether oxygens (including phenoxy) is 1. The van der Waals surface area contributed by atoms with Gasteiger partial charge in [-0.05, 0) is 58.8 Å². The summed E-state index contributed by atoms with van der Waals surface area (Å²) >= 11 is 6.87. The highest BCUT2D eigenvalue weighted by Crippen LogP contribution is 2.32. The fourth-order valence-electron chi connectivity index (χ4n) is 3.14. The van der Waals surface area contributed by atoms with E-state index in [0.717, 1.165) is 10.0 Å². The number of carbonyl (C=O) groups excluding carboxylic acids is 1. The van der Waals surface area contributed by atoms with Crippen LogP contribution in [0, 0.1) is 6.92 Å². The van der Waals surface area contributed by atoms with Crippen molar-refractivity contribution in [1.82, 2.24) is 9.66 Å². The molecule has 0 radical (unpaired) electrons. The van der Waals surface area contributed by atoms with E-state index in [1.165, 1.54) is 17.0 Å². The number of carbonyl (C=O) groups is 1. The molecule has 0 amide bonds. The van der Waals surface area contributed by atoms with Crippen molar-refractivity contribution in [2.45, 2.75) is 6.92 Å². The highest BCUT2D eigenvalue weighted by atomic mass is 79.9. The van der Waals surface area contributed by atoms with E-state index < -0.39 is 5.97 Å². The molecule has 0 fully saturated rings. The molecular weight excluding hydrogens is 550 g/mol. The number of benzene rings is 3. The summed E-state index contributed by atoms with van der Waals surface area (Å²) in [6.07, 6.45) is 4.49. The van der Waals surface area contributed by atoms with Crippen LogP contribution < -0.4 is 10.3 Å². The summed E-state index contributed by atoms with van der Waals surface area (Å²) in [6, 6.07) is 20.0. The maximum atomic E-state index is 12.9. The van der Waals surface area contributed by atoms with Crippen molar-refractivity contribution in [2.24, 2.45) is 5.10 Å². The summed E-state index contributed by atoms with van der Waals surface area (Å²) in [4.78, 5) is 29.8. The van der Waals surface area contributed by atoms with E-state index in [4.69, 9.17) is 4.74 Å². The summed E-state index contributed by atoms with van der Waals surface area (Å²) in [5, 5.41) is 4.80. The van der Waals surface area contributed by atoms with Crippen LogP contribution in [0.25, 0.3) is 17.0 Å². The predicted octanol–water partition coefficient (Wildman–Crippen LogP) is 5.73. The Labute approximate surface area is 206 Å². The Hall–Kier alpha value is -3.36. The molecule has 8 heteroatoms. The van der Waals surface area contributed by atoms with Crippen molar-refractivity contribution in [1.29, 1.82) is 0 Å². The van der Waals surface area contributed by atoms with Crippen molar-refractivity contribution in [3.8, 4) is 5.75 Å². The monoisotopic (exact) mass is 565 g/mol. The van der Waals surface area contributed by atoms with Crippen LogP contribution >= 0.6 is 31.9 Å². The maximum Gasteiger partial charge on any atom is 0.336 e. The number of halogens is 2. The minimum absolute atomic E-state index is 0.282. The Morgan fingerprint density at radius 2 is 1.79 bits per heavy atom. The molecule has 33 heavy (non-hydrogen) atoms. The molecule has 0 spiro atoms. The van der Waals surface area contributed by atoms with E-state index in [1.54, 1.807) is 43.3 Å². The smallest absolute Gasteiger partial charge is 0.336 e. The largest absolute Gasteiger partial charge is 0.421 e. The van der Waals surface area contributed by atoms with Gasteiger partial charge in [0, 0.05) is 16.1 Å². The third kappa shape index (κ3) is 5.35. The van der Waals surface area contributed by atoms with Gasteiger partial charge in [-0.3, -0.25) is 4.79 Å². The molecule has 1 heterocycles. The molecule has 0 aliphatic rings. The van der Waals surface area contributed by atoms with Gasteiger partial charge in [-0.15, -0.1) is 0 Å². The molecule has 4 aromatic rings. The van der Waals surface area contributed by atoms with Gasteiger partial charge in [-0.2, -0.15) is 9.78 Å². The van der Waals surface area contributed by atoms with Crippen molar-refractivity contribution in [3.63, 3.8) is 0 Å². The number of nitrogens with zero attached hydrogens (tertiary/aromatic N) is 3. The summed E-state index contributed by atoms with van der Waals surface area (Å²) in [5.74, 6) is 0.176. The molecule has 0 atom stereocenters. The molecule has 3 aromatic carbocycles. The second-order valence-corrected chi connectivity index (χ2v) is 8.78. The number of hydrogen-bond donors (Lipinski definition) is 0. The van der Waals surface area contributed by atoms with E-state index >= 15 is 0 Å². The van der Waals surface area contributed by atoms with Gasteiger partial charge < -0.3 is 4.74 Å². The van der Waals surface area contributed by atoms with Crippen LogP contribution in [0.2, 0.25) is 0 Å². The van der Waals surface area contributed by atoms with Gasteiger partial charge in [0.2, 0.25) is 0 Å². The second-order valence-electron chi connectivity index (χ2n) is 7.01. The summed E-state index contributed by atoms with van der Waals surface area (Å²) < 4.78 is 8.11. The van der Waals surface area contributed by atoms with Gasteiger partial charge in [-0.25, -0.2) is 9.78 Å². The Morgan fingerprint density at radius 1 is 1.06 bits per heavy atom. The quantitative estimate of drug-likeness (QED) is 0.134. The SMILES string of the molecule is Cc1nc2ccccc2c(=O)n1N=Cc1cc(Br)cc(Br)c1OC(=O)/C=C/c1ccccc1. The fourth-order valence-corrected chi connectivity index (χ4v) is 4.48. The van der Waals surface area contributed by atoms with Crippen LogP contribution in [-0.4, -0.2) is 21.8 Å². The molecular formula is C25H17Br2N3O3. The highest BCUT2D eigenvalue weighted by molar-refractivity contribution is 9.11. The van der Waals surface area contributed by atoms with Gasteiger partial charge in [0.25, 0.3) is 5.56 Å². The average molecular weight is 567 g/mol. The number of hydrogen-bond acceptors (Lipinski definition) is 5. The first kappa shape index (κ1) is 22.8. The van der Waals surface area contributed by atoms with Crippen molar-refractivity contribution in [2.75, 3.05) is 0 Å². The number of aryl methyl sites for hydroxylation is 1. The summed E-state index contributed by atoms with van der Waals surface area (Å²) in [7, 11) is 0. The van der Waals surface area contributed by atoms with E-state index in [0.29, 0.717) is 26.8 Å². The molecule has 164 valence electrons. The van der Waals surface area contributed by atoms with Gasteiger partial charge in [0.1, 0.15) is 5.82 Å². The lowest BCUT2D eigenvalue weighted by Crippen LogP contribution is -2.20. The molecule has 0 unspecified atom stereocenters. The van der Waals surface area contributed by atoms with Gasteiger partial charge >= 0.3 is 5.97 Å². The second kappa shape index (κ2) is 10.1. The lowest BCUT2D eigenvalue weighted by molar-refractivity contribution is -0.128. The molecule has 0 aliphatic heterocycles. The number of aromatic nitrogens is 2. The van der Waals surface area contributed by atoms with Gasteiger partial charge in [-0.1, -0.05) is 58.4 Å². The molecule has 0 N–H and O–H groups in total. The molecule has 0 saturated heterocycles. The highest BCUT2D eigenvalue weighted by Gasteiger charge is 2.13. The minimum Gasteiger partial charge on any atom is -0.421 e. The summed E-state index contributed by atoms with van der Waals surface area (Å²) in [5.41, 5.74) is 1.70. The zero-order valence-corrected chi connectivity index (χ0v) is 20.6. The average Bonchev–Trinajstić information content (AvgIpc) is 2.80. The Bertz CT molecular complexity index is 1460. The molecule has 0 aliphatic carbocycles. The van der Waals surface area contributed by atoms with Crippen LogP contribution in [0.5, 0.6) is 5.75 Å². The third-order valence-corrected chi connectivity index (χ3v) is 5.73. The van der Waals surface area contributed by atoms with E-state index in [2.05, 4.69) is 41.9 Å². The number of para-hydroxylation sites is 1. The normalized spacial score (nSPS) is 11.5. The third-order valence-electron chi connectivity index (χ3n) is 4.68. The minimum atomic E-state index is -0.544. The van der Waals surface area contributed by atoms with Crippen LogP contribution in [0.3, 0.4) is 0 Å². The van der Waals surface area contributed by atoms with Gasteiger partial charge in [0.15, 0.2) is 5.75 Å². The zero-order valence-electron chi connectivity index (χ0n) is 17.4. The fraction of sp³-hybridized carbons (Fsp3) is 0.0400. The van der Waals surface area contributed by atoms with Crippen LogP contribution in [0.1, 0.15) is 17.0 Å². The number of rotatable bonds is 5. The summed E-state index contributed by atoms with van der Waals surface area (Å²) in [6.45, 7) is 1.71. The first-order valence-electron chi connectivity index (χ1n) is 9.89. The van der Waals surface area contributed by atoms with Gasteiger partial charge in [0.05, 0.1) is 21.6 Å². The van der Waals surface area contributed by atoms with Crippen LogP contribution in [0.15, 0.2) is 91.6 Å². The van der Waals surface area contributed by atoms with Crippen LogP contribution in [-0.2, 0) is 4.79 Å². The Balaban J connectivity index is 1.67. The molecule has 1 aromatic heterocycles. The lowest BCUT2D eigenvalue weighted by atomic mass is 10.2. The standard InChI is InChI=1S/C25H17Br2N3O3/c1-16-29-22-10-6-5-9-20(22)25(32)30(16)28-15-18-13-19(26)14-21(27)24(18)33-23(31)12-11-17-7-3-2-4-8-17/h2-15H,1H3/b12-11+,28-15?.